The Bertz CT molecular complexity index is 732. The van der Waals surface area contributed by atoms with Gasteiger partial charge in [0, 0.05) is 33.5 Å². The van der Waals surface area contributed by atoms with E-state index in [2.05, 4.69) is 6.07 Å². The average Bonchev–Trinajstić information content (AvgIpc) is 2.96. The topological polar surface area (TPSA) is 66.9 Å². The Labute approximate surface area is 143 Å². The first-order valence-corrected chi connectivity index (χ1v) is 9.87. The van der Waals surface area contributed by atoms with Crippen molar-refractivity contribution in [1.82, 2.24) is 9.21 Å². The first-order chi connectivity index (χ1) is 11.3. The van der Waals surface area contributed by atoms with Gasteiger partial charge in [0.15, 0.2) is 0 Å². The number of rotatable bonds is 4. The van der Waals surface area contributed by atoms with Crippen molar-refractivity contribution in [1.29, 1.82) is 0 Å². The number of para-hydroxylation sites is 1. The quantitative estimate of drug-likeness (QED) is 0.818. The average molecular weight is 352 g/mol. The van der Waals surface area contributed by atoms with Gasteiger partial charge >= 0.3 is 0 Å². The van der Waals surface area contributed by atoms with Gasteiger partial charge in [-0.15, -0.1) is 0 Å². The third-order valence-corrected chi connectivity index (χ3v) is 6.78. The molecular formula is C17H24N2O4S. The highest BCUT2D eigenvalue weighted by atomic mass is 32.2. The normalized spacial score (nSPS) is 23.4. The molecule has 1 amide bonds. The molecule has 132 valence electrons. The van der Waals surface area contributed by atoms with E-state index in [-0.39, 0.29) is 23.7 Å². The molecule has 2 heterocycles. The van der Waals surface area contributed by atoms with Crippen LogP contribution in [0.2, 0.25) is 0 Å². The first kappa shape index (κ1) is 17.2. The number of hydrogen-bond acceptors (Lipinski definition) is 4. The van der Waals surface area contributed by atoms with E-state index < -0.39 is 10.0 Å². The van der Waals surface area contributed by atoms with Gasteiger partial charge in [0.1, 0.15) is 11.4 Å². The highest BCUT2D eigenvalue weighted by molar-refractivity contribution is 7.89. The van der Waals surface area contributed by atoms with Crippen LogP contribution in [0.1, 0.15) is 24.8 Å². The Morgan fingerprint density at radius 2 is 2.04 bits per heavy atom. The second-order valence-electron chi connectivity index (χ2n) is 6.81. The number of carbonyl (C=O) groups is 1. The third-order valence-electron chi connectivity index (χ3n) is 4.95. The molecule has 24 heavy (non-hydrogen) atoms. The van der Waals surface area contributed by atoms with E-state index in [0.717, 1.165) is 29.3 Å². The van der Waals surface area contributed by atoms with Gasteiger partial charge in [0.25, 0.3) is 0 Å². The van der Waals surface area contributed by atoms with Crippen LogP contribution < -0.4 is 4.74 Å². The maximum absolute atomic E-state index is 12.4. The number of benzene rings is 1. The SMILES string of the molecule is CN(C)S(=O)(=O)CCC(=O)N1CC[C@@]2(CCc3ccccc3O2)C1. The molecule has 0 radical (unpaired) electrons. The number of ether oxygens (including phenoxy) is 1. The fourth-order valence-corrected chi connectivity index (χ4v) is 4.16. The van der Waals surface area contributed by atoms with Crippen LogP contribution in [0.4, 0.5) is 0 Å². The number of likely N-dealkylation sites (tertiary alicyclic amines) is 1. The molecule has 7 heteroatoms. The van der Waals surface area contributed by atoms with Crippen LogP contribution in [0, 0.1) is 0 Å². The van der Waals surface area contributed by atoms with Crippen LogP contribution in [-0.2, 0) is 21.2 Å². The van der Waals surface area contributed by atoms with Crippen molar-refractivity contribution >= 4 is 15.9 Å². The fourth-order valence-electron chi connectivity index (χ4n) is 3.36. The molecule has 1 aromatic rings. The Balaban J connectivity index is 1.61. The Hall–Kier alpha value is -1.60. The molecule has 3 rings (SSSR count). The molecule has 1 atom stereocenters. The summed E-state index contributed by atoms with van der Waals surface area (Å²) in [6.07, 6.45) is 2.66. The lowest BCUT2D eigenvalue weighted by atomic mass is 9.90. The van der Waals surface area contributed by atoms with Crippen LogP contribution in [0.25, 0.3) is 0 Å². The molecule has 0 aromatic heterocycles. The van der Waals surface area contributed by atoms with Gasteiger partial charge in [0.05, 0.1) is 12.3 Å². The Morgan fingerprint density at radius 1 is 1.29 bits per heavy atom. The first-order valence-electron chi connectivity index (χ1n) is 8.26. The van der Waals surface area contributed by atoms with Crippen molar-refractivity contribution in [2.24, 2.45) is 0 Å². The molecule has 0 unspecified atom stereocenters. The van der Waals surface area contributed by atoms with Crippen molar-refractivity contribution in [2.45, 2.75) is 31.3 Å². The Kier molecular flexibility index (Phi) is 4.57. The number of amides is 1. The van der Waals surface area contributed by atoms with Gasteiger partial charge in [0.2, 0.25) is 15.9 Å². The van der Waals surface area contributed by atoms with Gasteiger partial charge in [-0.25, -0.2) is 12.7 Å². The summed E-state index contributed by atoms with van der Waals surface area (Å²) in [5, 5.41) is 0. The summed E-state index contributed by atoms with van der Waals surface area (Å²) in [5.41, 5.74) is 0.898. The summed E-state index contributed by atoms with van der Waals surface area (Å²) in [5.74, 6) is 0.652. The number of carbonyl (C=O) groups excluding carboxylic acids is 1. The zero-order valence-electron chi connectivity index (χ0n) is 14.2. The minimum atomic E-state index is -3.34. The largest absolute Gasteiger partial charge is 0.485 e. The van der Waals surface area contributed by atoms with E-state index in [9.17, 15) is 13.2 Å². The second kappa shape index (κ2) is 6.37. The van der Waals surface area contributed by atoms with Gasteiger partial charge in [-0.3, -0.25) is 4.79 Å². The van der Waals surface area contributed by atoms with E-state index in [1.165, 1.54) is 19.7 Å². The number of nitrogens with zero attached hydrogens (tertiary/aromatic N) is 2. The van der Waals surface area contributed by atoms with Crippen molar-refractivity contribution in [3.8, 4) is 5.75 Å². The molecule has 0 saturated carbocycles. The zero-order chi connectivity index (χ0) is 17.4. The number of aryl methyl sites for hydroxylation is 1. The van der Waals surface area contributed by atoms with E-state index in [0.29, 0.717) is 13.1 Å². The molecule has 1 fully saturated rings. The smallest absolute Gasteiger partial charge is 0.223 e. The van der Waals surface area contributed by atoms with E-state index in [1.54, 1.807) is 4.90 Å². The van der Waals surface area contributed by atoms with Crippen LogP contribution in [0.15, 0.2) is 24.3 Å². The number of sulfonamides is 1. The molecule has 0 N–H and O–H groups in total. The second-order valence-corrected chi connectivity index (χ2v) is 9.11. The fraction of sp³-hybridized carbons (Fsp3) is 0.588. The minimum Gasteiger partial charge on any atom is -0.485 e. The number of hydrogen-bond donors (Lipinski definition) is 0. The predicted octanol–water partition coefficient (Wildman–Crippen LogP) is 1.26. The van der Waals surface area contributed by atoms with E-state index in [1.807, 2.05) is 18.2 Å². The van der Waals surface area contributed by atoms with Crippen molar-refractivity contribution in [2.75, 3.05) is 32.9 Å². The predicted molar refractivity (Wildman–Crippen MR) is 91.4 cm³/mol. The lowest BCUT2D eigenvalue weighted by Crippen LogP contribution is -2.43. The molecule has 1 aromatic carbocycles. The maximum atomic E-state index is 12.4. The van der Waals surface area contributed by atoms with Crippen molar-refractivity contribution in [3.05, 3.63) is 29.8 Å². The maximum Gasteiger partial charge on any atom is 0.223 e. The lowest BCUT2D eigenvalue weighted by Gasteiger charge is -2.35. The van der Waals surface area contributed by atoms with Gasteiger partial charge in [-0.05, 0) is 24.5 Å². The van der Waals surface area contributed by atoms with Gasteiger partial charge < -0.3 is 9.64 Å². The summed E-state index contributed by atoms with van der Waals surface area (Å²) >= 11 is 0. The number of fused-ring (bicyclic) bond motifs is 1. The molecule has 1 spiro atoms. The zero-order valence-corrected chi connectivity index (χ0v) is 15.0. The van der Waals surface area contributed by atoms with Crippen LogP contribution in [-0.4, -0.2) is 62.1 Å². The van der Waals surface area contributed by atoms with Crippen molar-refractivity contribution < 1.29 is 17.9 Å². The molecule has 2 aliphatic heterocycles. The minimum absolute atomic E-state index is 0.0210. The van der Waals surface area contributed by atoms with E-state index in [4.69, 9.17) is 4.74 Å². The highest BCUT2D eigenvalue weighted by Gasteiger charge is 2.44. The summed E-state index contributed by atoms with van der Waals surface area (Å²) in [7, 11) is -0.373. The van der Waals surface area contributed by atoms with Crippen LogP contribution in [0.3, 0.4) is 0 Å². The highest BCUT2D eigenvalue weighted by Crippen LogP contribution is 2.38. The monoisotopic (exact) mass is 352 g/mol. The third kappa shape index (κ3) is 3.42. The molecule has 2 aliphatic rings. The van der Waals surface area contributed by atoms with Gasteiger partial charge in [-0.1, -0.05) is 18.2 Å². The van der Waals surface area contributed by atoms with E-state index >= 15 is 0 Å². The Morgan fingerprint density at radius 3 is 2.79 bits per heavy atom. The summed E-state index contributed by atoms with van der Waals surface area (Å²) in [6, 6.07) is 8.02. The van der Waals surface area contributed by atoms with Crippen molar-refractivity contribution in [3.63, 3.8) is 0 Å². The molecular weight excluding hydrogens is 328 g/mol. The van der Waals surface area contributed by atoms with Gasteiger partial charge in [-0.2, -0.15) is 0 Å². The molecule has 0 bridgehead atoms. The molecule has 6 nitrogen and oxygen atoms in total. The lowest BCUT2D eigenvalue weighted by molar-refractivity contribution is -0.130. The standard InChI is InChI=1S/C17H24N2O4S/c1-18(2)24(21,22)12-8-16(20)19-11-10-17(13-19)9-7-14-5-3-4-6-15(14)23-17/h3-6H,7-13H2,1-2H3/t17-/m0/s1. The summed E-state index contributed by atoms with van der Waals surface area (Å²) in [6.45, 7) is 1.17. The molecule has 1 saturated heterocycles. The summed E-state index contributed by atoms with van der Waals surface area (Å²) < 4.78 is 31.0. The van der Waals surface area contributed by atoms with Crippen LogP contribution >= 0.6 is 0 Å². The van der Waals surface area contributed by atoms with Crippen LogP contribution in [0.5, 0.6) is 5.75 Å². The molecule has 0 aliphatic carbocycles. The summed E-state index contributed by atoms with van der Waals surface area (Å²) in [4.78, 5) is 14.1.